The average Bonchev–Trinajstić information content (AvgIpc) is 3.46. The first kappa shape index (κ1) is 21.1. The number of hydrogen-bond donors (Lipinski definition) is 2. The van der Waals surface area contributed by atoms with Crippen LogP contribution in [0.25, 0.3) is 22.0 Å². The van der Waals surface area contributed by atoms with E-state index in [0.717, 1.165) is 62.7 Å². The number of nitrogens with one attached hydrogen (secondary N) is 2. The van der Waals surface area contributed by atoms with E-state index in [4.69, 9.17) is 19.4 Å². The second-order valence-electron chi connectivity index (χ2n) is 8.55. The molecule has 0 amide bonds. The Balaban J connectivity index is 1.38. The van der Waals surface area contributed by atoms with E-state index in [-0.39, 0.29) is 5.92 Å². The lowest BCUT2D eigenvalue weighted by molar-refractivity contribution is 0.257. The minimum Gasteiger partial charge on any atom is -0.497 e. The molecule has 1 unspecified atom stereocenters. The van der Waals surface area contributed by atoms with Crippen LogP contribution < -0.4 is 14.8 Å². The summed E-state index contributed by atoms with van der Waals surface area (Å²) in [7, 11) is 1.67. The van der Waals surface area contributed by atoms with Crippen LogP contribution in [0.1, 0.15) is 22.9 Å². The van der Waals surface area contributed by atoms with Crippen molar-refractivity contribution >= 4 is 16.7 Å². The Kier molecular flexibility index (Phi) is 5.46. The highest BCUT2D eigenvalue weighted by Gasteiger charge is 2.25. The van der Waals surface area contributed by atoms with Gasteiger partial charge < -0.3 is 14.8 Å². The predicted molar refractivity (Wildman–Crippen MR) is 134 cm³/mol. The maximum atomic E-state index is 6.06. The van der Waals surface area contributed by atoms with E-state index in [9.17, 15) is 0 Å². The molecule has 35 heavy (non-hydrogen) atoms. The zero-order chi connectivity index (χ0) is 23.6. The van der Waals surface area contributed by atoms with E-state index in [1.165, 1.54) is 0 Å². The molecule has 0 saturated heterocycles. The Labute approximate surface area is 202 Å². The van der Waals surface area contributed by atoms with Crippen molar-refractivity contribution in [2.24, 2.45) is 0 Å². The van der Waals surface area contributed by atoms with Crippen LogP contribution in [0.2, 0.25) is 0 Å². The van der Waals surface area contributed by atoms with Crippen molar-refractivity contribution in [3.63, 3.8) is 0 Å². The van der Waals surface area contributed by atoms with Gasteiger partial charge in [0, 0.05) is 36.1 Å². The number of aromatic amines is 1. The number of nitrogens with zero attached hydrogens (tertiary/aromatic N) is 4. The molecule has 8 heteroatoms. The van der Waals surface area contributed by atoms with Crippen molar-refractivity contribution in [3.05, 3.63) is 90.3 Å². The number of pyridine rings is 1. The summed E-state index contributed by atoms with van der Waals surface area (Å²) < 4.78 is 11.5. The van der Waals surface area contributed by atoms with Crippen LogP contribution >= 0.6 is 0 Å². The van der Waals surface area contributed by atoms with E-state index >= 15 is 0 Å². The molecule has 0 aliphatic carbocycles. The summed E-state index contributed by atoms with van der Waals surface area (Å²) in [5.41, 5.74) is 5.13. The largest absolute Gasteiger partial charge is 0.497 e. The first-order chi connectivity index (χ1) is 17.3. The van der Waals surface area contributed by atoms with E-state index < -0.39 is 0 Å². The number of H-pyrrole nitrogens is 1. The zero-order valence-electron chi connectivity index (χ0n) is 19.2. The van der Waals surface area contributed by atoms with Crippen molar-refractivity contribution in [1.29, 1.82) is 0 Å². The molecule has 0 spiro atoms. The van der Waals surface area contributed by atoms with Crippen LogP contribution in [0.5, 0.6) is 11.5 Å². The van der Waals surface area contributed by atoms with Crippen molar-refractivity contribution in [3.8, 4) is 22.6 Å². The van der Waals surface area contributed by atoms with Gasteiger partial charge in [-0.2, -0.15) is 5.10 Å². The summed E-state index contributed by atoms with van der Waals surface area (Å²) in [5, 5.41) is 11.4. The molecule has 1 atom stereocenters. The number of hydrogen-bond acceptors (Lipinski definition) is 7. The molecule has 6 rings (SSSR count). The second-order valence-corrected chi connectivity index (χ2v) is 8.55. The minimum atomic E-state index is 0.0338. The molecule has 5 aromatic rings. The number of rotatable bonds is 6. The van der Waals surface area contributed by atoms with Crippen LogP contribution in [0, 0.1) is 0 Å². The van der Waals surface area contributed by atoms with Crippen LogP contribution in [0.15, 0.2) is 73.3 Å². The first-order valence-corrected chi connectivity index (χ1v) is 11.5. The summed E-state index contributed by atoms with van der Waals surface area (Å²) in [6.07, 6.45) is 8.10. The topological polar surface area (TPSA) is 97.8 Å². The highest BCUT2D eigenvalue weighted by Crippen LogP contribution is 2.35. The zero-order valence-corrected chi connectivity index (χ0v) is 19.2. The lowest BCUT2D eigenvalue weighted by Gasteiger charge is -2.25. The number of fused-ring (bicyclic) bond motifs is 2. The third-order valence-electron chi connectivity index (χ3n) is 6.27. The molecule has 8 nitrogen and oxygen atoms in total. The molecule has 2 N–H and O–H groups in total. The summed E-state index contributed by atoms with van der Waals surface area (Å²) >= 11 is 0. The van der Waals surface area contributed by atoms with Gasteiger partial charge in [0.2, 0.25) is 0 Å². The molecule has 174 valence electrons. The molecule has 0 radical (unpaired) electrons. The SMILES string of the molecule is COc1ccc2c(c1)CC(c1nc(NCc3cccnc3)c3cc(-c4cn[nH]c4)ccc3n1)CO2. The standard InChI is InChI=1S/C27H24N6O2/c1-34-22-5-7-25-19(10-22)9-20(16-35-25)26-32-24-6-4-18(21-14-30-31-15-21)11-23(24)27(33-26)29-13-17-3-2-8-28-12-17/h2-8,10-12,14-15,20H,9,13,16H2,1H3,(H,30,31)(H,29,32,33). The van der Waals surface area contributed by atoms with Gasteiger partial charge in [0.15, 0.2) is 0 Å². The number of benzene rings is 2. The fourth-order valence-electron chi connectivity index (χ4n) is 4.40. The van der Waals surface area contributed by atoms with Crippen LogP contribution in [-0.4, -0.2) is 38.9 Å². The van der Waals surface area contributed by atoms with Crippen molar-refractivity contribution in [1.82, 2.24) is 25.1 Å². The Hall–Kier alpha value is -4.46. The first-order valence-electron chi connectivity index (χ1n) is 11.5. The van der Waals surface area contributed by atoms with E-state index in [2.05, 4.69) is 32.6 Å². The molecule has 1 aliphatic rings. The van der Waals surface area contributed by atoms with Gasteiger partial charge in [-0.1, -0.05) is 12.1 Å². The Morgan fingerprint density at radius 3 is 2.89 bits per heavy atom. The fraction of sp³-hybridized carbons (Fsp3) is 0.185. The molecule has 4 heterocycles. The molecule has 2 aromatic carbocycles. The highest BCUT2D eigenvalue weighted by atomic mass is 16.5. The van der Waals surface area contributed by atoms with Gasteiger partial charge in [-0.15, -0.1) is 0 Å². The minimum absolute atomic E-state index is 0.0338. The van der Waals surface area contributed by atoms with Crippen molar-refractivity contribution in [2.75, 3.05) is 19.0 Å². The molecule has 1 aliphatic heterocycles. The van der Waals surface area contributed by atoms with E-state index in [1.54, 1.807) is 13.3 Å². The van der Waals surface area contributed by atoms with Crippen LogP contribution in [0.3, 0.4) is 0 Å². The predicted octanol–water partition coefficient (Wildman–Crippen LogP) is 4.75. The Morgan fingerprint density at radius 2 is 2.06 bits per heavy atom. The summed E-state index contributed by atoms with van der Waals surface area (Å²) in [4.78, 5) is 14.2. The Bertz CT molecular complexity index is 1470. The number of aromatic nitrogens is 5. The molecule has 0 fully saturated rings. The molecule has 3 aromatic heterocycles. The maximum Gasteiger partial charge on any atom is 0.138 e. The number of ether oxygens (including phenoxy) is 2. The quantitative estimate of drug-likeness (QED) is 0.374. The molecular formula is C27H24N6O2. The lowest BCUT2D eigenvalue weighted by Crippen LogP contribution is -2.22. The lowest BCUT2D eigenvalue weighted by atomic mass is 9.95. The maximum absolute atomic E-state index is 6.06. The van der Waals surface area contributed by atoms with Gasteiger partial charge in [0.05, 0.1) is 31.3 Å². The summed E-state index contributed by atoms with van der Waals surface area (Å²) in [6, 6.07) is 16.1. The van der Waals surface area contributed by atoms with Gasteiger partial charge in [-0.05, 0) is 59.5 Å². The average molecular weight is 465 g/mol. The highest BCUT2D eigenvalue weighted by molar-refractivity contribution is 5.92. The molecule has 0 bridgehead atoms. The van der Waals surface area contributed by atoms with E-state index in [0.29, 0.717) is 13.2 Å². The smallest absolute Gasteiger partial charge is 0.138 e. The number of anilines is 1. The molecular weight excluding hydrogens is 440 g/mol. The van der Waals surface area contributed by atoms with Crippen LogP contribution in [0.4, 0.5) is 5.82 Å². The third-order valence-corrected chi connectivity index (χ3v) is 6.27. The van der Waals surface area contributed by atoms with E-state index in [1.807, 2.05) is 55.0 Å². The molecule has 0 saturated carbocycles. The second kappa shape index (κ2) is 9.06. The van der Waals surface area contributed by atoms with Crippen molar-refractivity contribution in [2.45, 2.75) is 18.9 Å². The van der Waals surface area contributed by atoms with Crippen molar-refractivity contribution < 1.29 is 9.47 Å². The third kappa shape index (κ3) is 4.26. The summed E-state index contributed by atoms with van der Waals surface area (Å²) in [6.45, 7) is 1.14. The van der Waals surface area contributed by atoms with Gasteiger partial charge in [0.1, 0.15) is 23.1 Å². The van der Waals surface area contributed by atoms with Gasteiger partial charge in [-0.25, -0.2) is 9.97 Å². The van der Waals surface area contributed by atoms with Gasteiger partial charge in [0.25, 0.3) is 0 Å². The summed E-state index contributed by atoms with van der Waals surface area (Å²) in [5.74, 6) is 3.29. The number of methoxy groups -OCH3 is 1. The van der Waals surface area contributed by atoms with Crippen LogP contribution in [-0.2, 0) is 13.0 Å². The normalized spacial score (nSPS) is 14.8. The monoisotopic (exact) mass is 464 g/mol. The van der Waals surface area contributed by atoms with Gasteiger partial charge >= 0.3 is 0 Å². The van der Waals surface area contributed by atoms with Gasteiger partial charge in [-0.3, -0.25) is 10.1 Å². The fourth-order valence-corrected chi connectivity index (χ4v) is 4.40. The Morgan fingerprint density at radius 1 is 1.09 bits per heavy atom.